The molecule has 3 aromatic rings. The summed E-state index contributed by atoms with van der Waals surface area (Å²) in [5, 5.41) is 11.8. The highest BCUT2D eigenvalue weighted by Crippen LogP contribution is 2.16. The van der Waals surface area contributed by atoms with Crippen LogP contribution >= 0.6 is 0 Å². The van der Waals surface area contributed by atoms with Gasteiger partial charge in [0.2, 0.25) is 5.91 Å². The lowest BCUT2D eigenvalue weighted by atomic mass is 10.0. The molecule has 130 valence electrons. The van der Waals surface area contributed by atoms with Gasteiger partial charge in [-0.05, 0) is 35.2 Å². The molecule has 4 nitrogen and oxygen atoms in total. The summed E-state index contributed by atoms with van der Waals surface area (Å²) in [6.07, 6.45) is 1.04. The van der Waals surface area contributed by atoms with Crippen LogP contribution in [0, 0.1) is 0 Å². The number of benzene rings is 3. The number of carbonyl (C=O) groups excluding carboxylic acids is 1. The van der Waals surface area contributed by atoms with Crippen LogP contribution in [-0.4, -0.2) is 17.0 Å². The van der Waals surface area contributed by atoms with E-state index in [9.17, 15) is 9.59 Å². The molecule has 2 N–H and O–H groups in total. The molecule has 0 aromatic heterocycles. The molecule has 0 saturated carbocycles. The number of carboxylic acids is 1. The number of nitrogens with one attached hydrogen (secondary N) is 1. The minimum atomic E-state index is -1.06. The molecular weight excluding hydrogens is 326 g/mol. The highest BCUT2D eigenvalue weighted by molar-refractivity contribution is 6.00. The molecule has 4 heteroatoms. The molecule has 0 aliphatic rings. The number of anilines is 1. The third kappa shape index (κ3) is 4.57. The maximum atomic E-state index is 12.2. The van der Waals surface area contributed by atoms with Crippen LogP contribution in [-0.2, 0) is 17.6 Å². The molecule has 0 fully saturated rings. The third-order valence-electron chi connectivity index (χ3n) is 4.07. The first-order valence-electron chi connectivity index (χ1n) is 8.36. The van der Waals surface area contributed by atoms with E-state index >= 15 is 0 Å². The van der Waals surface area contributed by atoms with E-state index in [1.54, 1.807) is 18.2 Å². The van der Waals surface area contributed by atoms with Crippen molar-refractivity contribution in [2.75, 3.05) is 5.32 Å². The molecule has 0 aliphatic heterocycles. The van der Waals surface area contributed by atoms with Crippen molar-refractivity contribution in [3.63, 3.8) is 0 Å². The van der Waals surface area contributed by atoms with E-state index in [2.05, 4.69) is 17.4 Å². The van der Waals surface area contributed by atoms with Crippen LogP contribution < -0.4 is 5.32 Å². The smallest absolute Gasteiger partial charge is 0.337 e. The van der Waals surface area contributed by atoms with Crippen molar-refractivity contribution in [1.29, 1.82) is 0 Å². The summed E-state index contributed by atoms with van der Waals surface area (Å²) >= 11 is 0. The van der Waals surface area contributed by atoms with Gasteiger partial charge in [0.1, 0.15) is 0 Å². The standard InChI is InChI=1S/C22H19NO3/c24-21(23-20-9-5-4-8-19(20)22(25)26)15-18-12-10-17(11-13-18)14-16-6-2-1-3-7-16/h1-13H,14-15H2,(H,23,24)(H,25,26). The van der Waals surface area contributed by atoms with E-state index in [4.69, 9.17) is 5.11 Å². The van der Waals surface area contributed by atoms with E-state index in [1.807, 2.05) is 42.5 Å². The molecule has 0 bridgehead atoms. The van der Waals surface area contributed by atoms with Crippen molar-refractivity contribution >= 4 is 17.6 Å². The fourth-order valence-electron chi connectivity index (χ4n) is 2.76. The van der Waals surface area contributed by atoms with Crippen LogP contribution in [0.15, 0.2) is 78.9 Å². The van der Waals surface area contributed by atoms with Crippen molar-refractivity contribution < 1.29 is 14.7 Å². The van der Waals surface area contributed by atoms with Crippen LogP contribution in [0.4, 0.5) is 5.69 Å². The minimum Gasteiger partial charge on any atom is -0.478 e. The Labute approximate surface area is 152 Å². The van der Waals surface area contributed by atoms with Gasteiger partial charge >= 0.3 is 5.97 Å². The molecule has 0 atom stereocenters. The summed E-state index contributed by atoms with van der Waals surface area (Å²) in [6, 6.07) is 24.5. The third-order valence-corrected chi connectivity index (χ3v) is 4.07. The summed E-state index contributed by atoms with van der Waals surface area (Å²) in [7, 11) is 0. The minimum absolute atomic E-state index is 0.0825. The lowest BCUT2D eigenvalue weighted by Crippen LogP contribution is -2.16. The Kier molecular flexibility index (Phi) is 5.44. The predicted octanol–water partition coefficient (Wildman–Crippen LogP) is 4.16. The molecule has 1 amide bonds. The quantitative estimate of drug-likeness (QED) is 0.705. The van der Waals surface area contributed by atoms with Crippen LogP contribution in [0.2, 0.25) is 0 Å². The second kappa shape index (κ2) is 8.12. The van der Waals surface area contributed by atoms with Crippen LogP contribution in [0.5, 0.6) is 0 Å². The van der Waals surface area contributed by atoms with Gasteiger partial charge in [-0.15, -0.1) is 0 Å². The van der Waals surface area contributed by atoms with Gasteiger partial charge in [-0.25, -0.2) is 4.79 Å². The number of hydrogen-bond acceptors (Lipinski definition) is 2. The lowest BCUT2D eigenvalue weighted by molar-refractivity contribution is -0.115. The van der Waals surface area contributed by atoms with Crippen molar-refractivity contribution in [2.45, 2.75) is 12.8 Å². The van der Waals surface area contributed by atoms with E-state index < -0.39 is 5.97 Å². The highest BCUT2D eigenvalue weighted by atomic mass is 16.4. The second-order valence-corrected chi connectivity index (χ2v) is 6.05. The molecule has 26 heavy (non-hydrogen) atoms. The molecule has 0 spiro atoms. The summed E-state index contributed by atoms with van der Waals surface area (Å²) in [5.74, 6) is -1.30. The summed E-state index contributed by atoms with van der Waals surface area (Å²) in [4.78, 5) is 23.4. The number of amides is 1. The average molecular weight is 345 g/mol. The SMILES string of the molecule is O=C(Cc1ccc(Cc2ccccc2)cc1)Nc1ccccc1C(=O)O. The predicted molar refractivity (Wildman–Crippen MR) is 101 cm³/mol. The van der Waals surface area contributed by atoms with Crippen molar-refractivity contribution in [3.8, 4) is 0 Å². The highest BCUT2D eigenvalue weighted by Gasteiger charge is 2.12. The Morgan fingerprint density at radius 3 is 2.00 bits per heavy atom. The van der Waals surface area contributed by atoms with Gasteiger partial charge in [-0.3, -0.25) is 4.79 Å². The molecule has 0 heterocycles. The molecule has 0 radical (unpaired) electrons. The van der Waals surface area contributed by atoms with Gasteiger partial charge in [0.25, 0.3) is 0 Å². The number of aromatic carboxylic acids is 1. The summed E-state index contributed by atoms with van der Waals surface area (Å²) < 4.78 is 0. The zero-order valence-corrected chi connectivity index (χ0v) is 14.2. The molecule has 3 rings (SSSR count). The van der Waals surface area contributed by atoms with Crippen LogP contribution in [0.25, 0.3) is 0 Å². The number of hydrogen-bond donors (Lipinski definition) is 2. The number of rotatable bonds is 6. The topological polar surface area (TPSA) is 66.4 Å². The van der Waals surface area contributed by atoms with E-state index in [-0.39, 0.29) is 17.9 Å². The lowest BCUT2D eigenvalue weighted by Gasteiger charge is -2.09. The van der Waals surface area contributed by atoms with Gasteiger partial charge in [0.15, 0.2) is 0 Å². The Hall–Kier alpha value is -3.40. The van der Waals surface area contributed by atoms with Gasteiger partial charge in [0.05, 0.1) is 17.7 Å². The monoisotopic (exact) mass is 345 g/mol. The molecule has 0 saturated heterocycles. The fraction of sp³-hybridized carbons (Fsp3) is 0.0909. The van der Waals surface area contributed by atoms with E-state index in [0.717, 1.165) is 12.0 Å². The zero-order valence-electron chi connectivity index (χ0n) is 14.2. The van der Waals surface area contributed by atoms with Gasteiger partial charge in [0, 0.05) is 0 Å². The first-order chi connectivity index (χ1) is 12.6. The van der Waals surface area contributed by atoms with Crippen molar-refractivity contribution in [2.24, 2.45) is 0 Å². The molecular formula is C22H19NO3. The van der Waals surface area contributed by atoms with E-state index in [1.165, 1.54) is 17.2 Å². The first-order valence-corrected chi connectivity index (χ1v) is 8.36. The Balaban J connectivity index is 1.62. The second-order valence-electron chi connectivity index (χ2n) is 6.05. The van der Waals surface area contributed by atoms with Gasteiger partial charge in [-0.2, -0.15) is 0 Å². The Bertz CT molecular complexity index is 902. The van der Waals surface area contributed by atoms with Crippen molar-refractivity contribution in [1.82, 2.24) is 0 Å². The fourth-order valence-corrected chi connectivity index (χ4v) is 2.76. The average Bonchev–Trinajstić information content (AvgIpc) is 2.64. The number of carboxylic acid groups (broad SMARTS) is 1. The normalized spacial score (nSPS) is 10.3. The molecule has 3 aromatic carbocycles. The maximum absolute atomic E-state index is 12.2. The van der Waals surface area contributed by atoms with Crippen LogP contribution in [0.1, 0.15) is 27.0 Å². The Morgan fingerprint density at radius 1 is 0.731 bits per heavy atom. The Morgan fingerprint density at radius 2 is 1.31 bits per heavy atom. The number of para-hydroxylation sites is 1. The van der Waals surface area contributed by atoms with Crippen LogP contribution in [0.3, 0.4) is 0 Å². The maximum Gasteiger partial charge on any atom is 0.337 e. The summed E-state index contributed by atoms with van der Waals surface area (Å²) in [5.41, 5.74) is 3.69. The first kappa shape index (κ1) is 17.4. The van der Waals surface area contributed by atoms with Gasteiger partial charge in [-0.1, -0.05) is 66.7 Å². The number of carbonyl (C=O) groups is 2. The molecule has 0 aliphatic carbocycles. The zero-order chi connectivity index (χ0) is 18.4. The summed E-state index contributed by atoms with van der Waals surface area (Å²) in [6.45, 7) is 0. The van der Waals surface area contributed by atoms with E-state index in [0.29, 0.717) is 5.69 Å². The van der Waals surface area contributed by atoms with Crippen molar-refractivity contribution in [3.05, 3.63) is 101 Å². The largest absolute Gasteiger partial charge is 0.478 e. The molecule has 0 unspecified atom stereocenters. The van der Waals surface area contributed by atoms with Gasteiger partial charge < -0.3 is 10.4 Å².